The van der Waals surface area contributed by atoms with Gasteiger partial charge < -0.3 is 5.73 Å². The van der Waals surface area contributed by atoms with Gasteiger partial charge in [-0.2, -0.15) is 0 Å². The van der Waals surface area contributed by atoms with Crippen LogP contribution in [0, 0.1) is 0 Å². The van der Waals surface area contributed by atoms with Crippen molar-refractivity contribution in [3.8, 4) is 0 Å². The minimum Gasteiger partial charge on any atom is -0.399 e. The van der Waals surface area contributed by atoms with E-state index in [4.69, 9.17) is 5.73 Å². The molecule has 1 atom stereocenters. The summed E-state index contributed by atoms with van der Waals surface area (Å²) in [6, 6.07) is 16.3. The van der Waals surface area contributed by atoms with Crippen molar-refractivity contribution in [1.29, 1.82) is 0 Å². The molecule has 0 spiro atoms. The average Bonchev–Trinajstić information content (AvgIpc) is 2.45. The first-order valence-electron chi connectivity index (χ1n) is 6.89. The Morgan fingerprint density at radius 3 is 2.43 bits per heavy atom. The largest absolute Gasteiger partial charge is 0.399 e. The van der Waals surface area contributed by atoms with Crippen molar-refractivity contribution >= 4 is 15.7 Å². The molecule has 2 aromatic rings. The molecule has 21 heavy (non-hydrogen) atoms. The maximum absolute atomic E-state index is 12.3. The molecule has 2 rings (SSSR count). The third-order valence-electron chi connectivity index (χ3n) is 3.24. The van der Waals surface area contributed by atoms with Gasteiger partial charge in [-0.25, -0.2) is 13.1 Å². The zero-order valence-corrected chi connectivity index (χ0v) is 12.8. The standard InChI is InChI=1S/C16H20N2O2S/c1-2-16(14-8-4-3-5-9-14)18-21(19,20)12-13-7-6-10-15(17)11-13/h3-11,16,18H,2,12,17H2,1H3. The molecule has 0 bridgehead atoms. The molecule has 0 amide bonds. The fourth-order valence-corrected chi connectivity index (χ4v) is 3.67. The van der Waals surface area contributed by atoms with Crippen LogP contribution in [0.2, 0.25) is 0 Å². The molecular formula is C16H20N2O2S. The Hall–Kier alpha value is -1.85. The lowest BCUT2D eigenvalue weighted by atomic mass is 10.1. The van der Waals surface area contributed by atoms with Gasteiger partial charge in [-0.3, -0.25) is 0 Å². The predicted molar refractivity (Wildman–Crippen MR) is 86.1 cm³/mol. The van der Waals surface area contributed by atoms with Crippen molar-refractivity contribution in [2.24, 2.45) is 0 Å². The first kappa shape index (κ1) is 15.5. The summed E-state index contributed by atoms with van der Waals surface area (Å²) in [5.74, 6) is -0.0681. The molecule has 0 aliphatic carbocycles. The number of nitrogens with two attached hydrogens (primary N) is 1. The predicted octanol–water partition coefficient (Wildman–Crippen LogP) is 2.84. The summed E-state index contributed by atoms with van der Waals surface area (Å²) in [6.07, 6.45) is 0.695. The fourth-order valence-electron chi connectivity index (χ4n) is 2.23. The van der Waals surface area contributed by atoms with Crippen LogP contribution >= 0.6 is 0 Å². The van der Waals surface area contributed by atoms with Gasteiger partial charge in [-0.1, -0.05) is 49.4 Å². The van der Waals surface area contributed by atoms with Crippen molar-refractivity contribution in [1.82, 2.24) is 4.72 Å². The van der Waals surface area contributed by atoms with Gasteiger partial charge in [0.2, 0.25) is 10.0 Å². The molecule has 0 saturated carbocycles. The van der Waals surface area contributed by atoms with Crippen LogP contribution < -0.4 is 10.5 Å². The smallest absolute Gasteiger partial charge is 0.216 e. The number of sulfonamides is 1. The Kier molecular flexibility index (Phi) is 4.98. The number of anilines is 1. The molecule has 4 nitrogen and oxygen atoms in total. The Labute approximate surface area is 126 Å². The molecule has 0 fully saturated rings. The van der Waals surface area contributed by atoms with Gasteiger partial charge in [0, 0.05) is 11.7 Å². The van der Waals surface area contributed by atoms with Gasteiger partial charge in [-0.15, -0.1) is 0 Å². The molecule has 0 aliphatic heterocycles. The van der Waals surface area contributed by atoms with Crippen LogP contribution in [0.3, 0.4) is 0 Å². The van der Waals surface area contributed by atoms with Gasteiger partial charge in [0.1, 0.15) is 0 Å². The number of nitrogens with one attached hydrogen (secondary N) is 1. The van der Waals surface area contributed by atoms with Crippen molar-refractivity contribution in [3.05, 3.63) is 65.7 Å². The van der Waals surface area contributed by atoms with E-state index in [9.17, 15) is 8.42 Å². The minimum atomic E-state index is -3.42. The topological polar surface area (TPSA) is 72.2 Å². The lowest BCUT2D eigenvalue weighted by Gasteiger charge is -2.17. The van der Waals surface area contributed by atoms with E-state index in [1.165, 1.54) is 0 Å². The van der Waals surface area contributed by atoms with Gasteiger partial charge in [-0.05, 0) is 29.7 Å². The summed E-state index contributed by atoms with van der Waals surface area (Å²) in [6.45, 7) is 1.96. The summed E-state index contributed by atoms with van der Waals surface area (Å²) in [5.41, 5.74) is 7.90. The number of benzene rings is 2. The Bertz CT molecular complexity index is 684. The number of hydrogen-bond acceptors (Lipinski definition) is 3. The molecule has 0 aromatic heterocycles. The van der Waals surface area contributed by atoms with Gasteiger partial charge in [0.25, 0.3) is 0 Å². The van der Waals surface area contributed by atoms with Crippen LogP contribution in [0.4, 0.5) is 5.69 Å². The zero-order valence-electron chi connectivity index (χ0n) is 12.0. The summed E-state index contributed by atoms with van der Waals surface area (Å²) in [7, 11) is -3.42. The van der Waals surface area contributed by atoms with E-state index >= 15 is 0 Å². The molecular weight excluding hydrogens is 284 g/mol. The molecule has 0 aliphatic rings. The van der Waals surface area contributed by atoms with E-state index in [2.05, 4.69) is 4.72 Å². The second kappa shape index (κ2) is 6.74. The maximum atomic E-state index is 12.3. The van der Waals surface area contributed by atoms with E-state index in [1.807, 2.05) is 37.3 Å². The van der Waals surface area contributed by atoms with Crippen molar-refractivity contribution in [2.45, 2.75) is 25.1 Å². The van der Waals surface area contributed by atoms with Crippen LogP contribution in [0.1, 0.15) is 30.5 Å². The van der Waals surface area contributed by atoms with Gasteiger partial charge >= 0.3 is 0 Å². The number of rotatable bonds is 6. The molecule has 112 valence electrons. The lowest BCUT2D eigenvalue weighted by molar-refractivity contribution is 0.549. The van der Waals surface area contributed by atoms with Crippen molar-refractivity contribution in [3.63, 3.8) is 0 Å². The molecule has 0 heterocycles. The molecule has 1 unspecified atom stereocenters. The fraction of sp³-hybridized carbons (Fsp3) is 0.250. The molecule has 0 radical (unpaired) electrons. The third-order valence-corrected chi connectivity index (χ3v) is 4.60. The van der Waals surface area contributed by atoms with E-state index < -0.39 is 10.0 Å². The van der Waals surface area contributed by atoms with Crippen molar-refractivity contribution in [2.75, 3.05) is 5.73 Å². The average molecular weight is 304 g/mol. The van der Waals surface area contributed by atoms with Gasteiger partial charge in [0.05, 0.1) is 5.75 Å². The normalized spacial score (nSPS) is 13.0. The van der Waals surface area contributed by atoms with Crippen LogP contribution in [-0.4, -0.2) is 8.42 Å². The first-order chi connectivity index (χ1) is 10.00. The number of nitrogen functional groups attached to an aromatic ring is 1. The highest BCUT2D eigenvalue weighted by molar-refractivity contribution is 7.88. The SMILES string of the molecule is CCC(NS(=O)(=O)Cc1cccc(N)c1)c1ccccc1. The van der Waals surface area contributed by atoms with Crippen LogP contribution in [-0.2, 0) is 15.8 Å². The van der Waals surface area contributed by atoms with E-state index in [1.54, 1.807) is 24.3 Å². The molecule has 0 saturated heterocycles. The second-order valence-corrected chi connectivity index (χ2v) is 6.75. The second-order valence-electron chi connectivity index (χ2n) is 4.99. The Morgan fingerprint density at radius 1 is 1.10 bits per heavy atom. The van der Waals surface area contributed by atoms with Crippen LogP contribution in [0.5, 0.6) is 0 Å². The van der Waals surface area contributed by atoms with E-state index in [-0.39, 0.29) is 11.8 Å². The zero-order chi connectivity index (χ0) is 15.3. The van der Waals surface area contributed by atoms with E-state index in [0.717, 1.165) is 5.56 Å². The lowest BCUT2D eigenvalue weighted by Crippen LogP contribution is -2.29. The molecule has 2 aromatic carbocycles. The third kappa shape index (κ3) is 4.58. The Balaban J connectivity index is 2.13. The van der Waals surface area contributed by atoms with Crippen LogP contribution in [0.15, 0.2) is 54.6 Å². The number of hydrogen-bond donors (Lipinski definition) is 2. The monoisotopic (exact) mass is 304 g/mol. The van der Waals surface area contributed by atoms with Crippen molar-refractivity contribution < 1.29 is 8.42 Å². The summed E-state index contributed by atoms with van der Waals surface area (Å²) in [4.78, 5) is 0. The van der Waals surface area contributed by atoms with Gasteiger partial charge in [0.15, 0.2) is 0 Å². The highest BCUT2D eigenvalue weighted by Gasteiger charge is 2.18. The summed E-state index contributed by atoms with van der Waals surface area (Å²) < 4.78 is 27.4. The van der Waals surface area contributed by atoms with E-state index in [0.29, 0.717) is 17.7 Å². The van der Waals surface area contributed by atoms with Crippen LogP contribution in [0.25, 0.3) is 0 Å². The Morgan fingerprint density at radius 2 is 1.81 bits per heavy atom. The maximum Gasteiger partial charge on any atom is 0.216 e. The highest BCUT2D eigenvalue weighted by Crippen LogP contribution is 2.18. The minimum absolute atomic E-state index is 0.0681. The highest BCUT2D eigenvalue weighted by atomic mass is 32.2. The summed E-state index contributed by atoms with van der Waals surface area (Å²) >= 11 is 0. The molecule has 5 heteroatoms. The molecule has 3 N–H and O–H groups in total. The summed E-state index contributed by atoms with van der Waals surface area (Å²) in [5, 5.41) is 0. The quantitative estimate of drug-likeness (QED) is 0.806. The first-order valence-corrected chi connectivity index (χ1v) is 8.55.